The Hall–Kier alpha value is -1.69. The van der Waals surface area contributed by atoms with Gasteiger partial charge in [-0.15, -0.1) is 0 Å². The van der Waals surface area contributed by atoms with Gasteiger partial charge in [0.1, 0.15) is 54.9 Å². The molecule has 4 rings (SSSR count). The molecule has 0 unspecified atom stereocenters. The number of hydrogen-bond donors (Lipinski definition) is 14. The van der Waals surface area contributed by atoms with Crippen LogP contribution in [0.25, 0.3) is 0 Å². The van der Waals surface area contributed by atoms with Crippen LogP contribution in [-0.2, 0) is 33.2 Å². The zero-order valence-electron chi connectivity index (χ0n) is 28.1. The van der Waals surface area contributed by atoms with E-state index in [0.717, 1.165) is 0 Å². The van der Waals surface area contributed by atoms with E-state index in [1.165, 1.54) is 0 Å². The molecule has 0 radical (unpaired) electrons. The molecule has 2 saturated heterocycles. The van der Waals surface area contributed by atoms with Crippen molar-refractivity contribution in [1.82, 2.24) is 10.6 Å². The standard InChI is InChI=1S/C29H53F2N7O14/c30-29(31,9-33)24(45)25(46)38-13-5-12(35)21(50-26-11(34)2-1-10(47-26)7-37-3-4-39)23(17(13)41)52-28-20(44)22(15(8-40)49-28)51-27-16(36)19(43)18(42)14(6-32)48-27/h1-2,10-24,26-28,37,39-45H,3-9,32-36H2,(H,38,46)/t10-,11+,12-,13+,14-,15+,16+,17-,18+,19+,20+,21+,22+,23+,24+,26+,27+,28-/m0/s1. The lowest BCUT2D eigenvalue weighted by Crippen LogP contribution is -2.67. The van der Waals surface area contributed by atoms with Crippen LogP contribution in [0.2, 0.25) is 0 Å². The van der Waals surface area contributed by atoms with Crippen LogP contribution in [0.3, 0.4) is 0 Å². The molecule has 1 amide bonds. The van der Waals surface area contributed by atoms with Gasteiger partial charge in [-0.05, 0) is 6.42 Å². The molecular formula is C29H53F2N7O14. The number of rotatable bonds is 16. The molecule has 0 bridgehead atoms. The number of carbonyl (C=O) groups is 1. The van der Waals surface area contributed by atoms with Crippen LogP contribution in [0.15, 0.2) is 12.2 Å². The van der Waals surface area contributed by atoms with Crippen LogP contribution < -0.4 is 39.3 Å². The Labute approximate surface area is 297 Å². The van der Waals surface area contributed by atoms with Crippen molar-refractivity contribution < 1.29 is 77.7 Å². The Morgan fingerprint density at radius 3 is 2.15 bits per heavy atom. The summed E-state index contributed by atoms with van der Waals surface area (Å²) in [4.78, 5) is 12.6. The topological polar surface area (TPSA) is 368 Å². The minimum Gasteiger partial charge on any atom is -0.395 e. The SMILES string of the molecule is NC[C@@H]1O[C@H](O[C@H]2[C@@H](O)[C@H](O[C@@H]3[C@@H](O)[C@H](NC(=O)[C@@H](O)C(F)(F)CN)C[C@H](N)[C@H]3O[C@H]3O[C@H](CNCCO)C=C[C@H]3N)O[C@@H]2CO)[C@H](N)[C@@H](O)[C@@H]1O. The minimum absolute atomic E-state index is 0.125. The Balaban J connectivity index is 1.56. The molecule has 3 aliphatic heterocycles. The highest BCUT2D eigenvalue weighted by Gasteiger charge is 2.54. The van der Waals surface area contributed by atoms with E-state index in [-0.39, 0.29) is 32.7 Å². The van der Waals surface area contributed by atoms with Gasteiger partial charge < -0.3 is 103 Å². The smallest absolute Gasteiger partial charge is 0.294 e. The summed E-state index contributed by atoms with van der Waals surface area (Å²) in [5, 5.41) is 77.7. The summed E-state index contributed by atoms with van der Waals surface area (Å²) in [6, 6.07) is -4.77. The maximum atomic E-state index is 14.0. The third-order valence-corrected chi connectivity index (χ3v) is 9.40. The summed E-state index contributed by atoms with van der Waals surface area (Å²) in [5.41, 5.74) is 29.3. The Kier molecular flexibility index (Phi) is 15.5. The number of alkyl halides is 2. The predicted molar refractivity (Wildman–Crippen MR) is 170 cm³/mol. The fraction of sp³-hybridized carbons (Fsp3) is 0.897. The molecule has 0 aromatic heterocycles. The summed E-state index contributed by atoms with van der Waals surface area (Å²) in [5.74, 6) is -5.57. The fourth-order valence-corrected chi connectivity index (χ4v) is 6.36. The summed E-state index contributed by atoms with van der Waals surface area (Å²) >= 11 is 0. The van der Waals surface area contributed by atoms with E-state index in [1.807, 2.05) is 0 Å². The highest BCUT2D eigenvalue weighted by atomic mass is 19.3. The second kappa shape index (κ2) is 18.8. The maximum absolute atomic E-state index is 14.0. The third kappa shape index (κ3) is 9.75. The lowest BCUT2D eigenvalue weighted by molar-refractivity contribution is -0.284. The Morgan fingerprint density at radius 2 is 1.52 bits per heavy atom. The van der Waals surface area contributed by atoms with Crippen LogP contribution >= 0.6 is 0 Å². The van der Waals surface area contributed by atoms with E-state index in [0.29, 0.717) is 0 Å². The normalized spacial score (nSPS) is 43.4. The van der Waals surface area contributed by atoms with Crippen molar-refractivity contribution >= 4 is 5.91 Å². The highest BCUT2D eigenvalue weighted by molar-refractivity contribution is 5.82. The average Bonchev–Trinajstić information content (AvgIpc) is 3.42. The van der Waals surface area contributed by atoms with Crippen LogP contribution in [0.5, 0.6) is 0 Å². The van der Waals surface area contributed by atoms with Gasteiger partial charge >= 0.3 is 0 Å². The quantitative estimate of drug-likeness (QED) is 0.0513. The maximum Gasteiger partial charge on any atom is 0.294 e. The number of amides is 1. The number of hydrogen-bond acceptors (Lipinski definition) is 20. The fourth-order valence-electron chi connectivity index (χ4n) is 6.36. The van der Waals surface area contributed by atoms with E-state index < -0.39 is 135 Å². The van der Waals surface area contributed by atoms with Crippen LogP contribution in [0.4, 0.5) is 8.78 Å². The van der Waals surface area contributed by atoms with Crippen LogP contribution in [0, 0.1) is 0 Å². The van der Waals surface area contributed by atoms with Gasteiger partial charge in [-0.2, -0.15) is 0 Å². The van der Waals surface area contributed by atoms with Gasteiger partial charge in [-0.3, -0.25) is 4.79 Å². The molecule has 19 N–H and O–H groups in total. The lowest BCUT2D eigenvalue weighted by atomic mass is 9.83. The molecule has 23 heteroatoms. The van der Waals surface area contributed by atoms with Crippen molar-refractivity contribution in [3.8, 4) is 0 Å². The summed E-state index contributed by atoms with van der Waals surface area (Å²) < 4.78 is 63.3. The van der Waals surface area contributed by atoms with Crippen molar-refractivity contribution in [3.63, 3.8) is 0 Å². The monoisotopic (exact) mass is 761 g/mol. The molecule has 1 aliphatic carbocycles. The van der Waals surface area contributed by atoms with Crippen LogP contribution in [0.1, 0.15) is 6.42 Å². The van der Waals surface area contributed by atoms with Gasteiger partial charge in [0.05, 0.1) is 44.0 Å². The largest absolute Gasteiger partial charge is 0.395 e. The average molecular weight is 762 g/mol. The van der Waals surface area contributed by atoms with Gasteiger partial charge in [0.2, 0.25) is 0 Å². The van der Waals surface area contributed by atoms with Crippen molar-refractivity contribution in [1.29, 1.82) is 0 Å². The van der Waals surface area contributed by atoms with Gasteiger partial charge in [-0.1, -0.05) is 12.2 Å². The third-order valence-electron chi connectivity index (χ3n) is 9.40. The predicted octanol–water partition coefficient (Wildman–Crippen LogP) is -8.33. The van der Waals surface area contributed by atoms with E-state index in [9.17, 15) is 44.2 Å². The molecule has 4 aliphatic rings. The minimum atomic E-state index is -4.00. The van der Waals surface area contributed by atoms with Gasteiger partial charge in [0.15, 0.2) is 25.0 Å². The number of nitrogens with two attached hydrogens (primary N) is 5. The summed E-state index contributed by atoms with van der Waals surface area (Å²) in [6.07, 6.45) is -18.3. The number of nitrogens with one attached hydrogen (secondary N) is 2. The molecule has 3 fully saturated rings. The second-order valence-electron chi connectivity index (χ2n) is 13.2. The van der Waals surface area contributed by atoms with Gasteiger partial charge in [-0.25, -0.2) is 8.78 Å². The van der Waals surface area contributed by atoms with Crippen LogP contribution in [-0.4, -0.2) is 197 Å². The van der Waals surface area contributed by atoms with Crippen molar-refractivity contribution in [3.05, 3.63) is 12.2 Å². The van der Waals surface area contributed by atoms with Crippen molar-refractivity contribution in [2.45, 2.75) is 123 Å². The molecule has 1 saturated carbocycles. The molecule has 0 spiro atoms. The molecule has 302 valence electrons. The Morgan fingerprint density at radius 1 is 0.865 bits per heavy atom. The molecule has 52 heavy (non-hydrogen) atoms. The van der Waals surface area contributed by atoms with E-state index in [1.54, 1.807) is 12.2 Å². The number of ether oxygens (including phenoxy) is 6. The molecule has 21 nitrogen and oxygen atoms in total. The number of aliphatic hydroxyl groups excluding tert-OH is 7. The lowest BCUT2D eigenvalue weighted by Gasteiger charge is -2.46. The second-order valence-corrected chi connectivity index (χ2v) is 13.2. The summed E-state index contributed by atoms with van der Waals surface area (Å²) in [6.45, 7) is -1.92. The van der Waals surface area contributed by atoms with Gasteiger partial charge in [0.25, 0.3) is 11.8 Å². The van der Waals surface area contributed by atoms with Crippen molar-refractivity contribution in [2.75, 3.05) is 39.4 Å². The van der Waals surface area contributed by atoms with E-state index in [4.69, 9.17) is 62.2 Å². The first kappa shape index (κ1) is 43.0. The molecular weight excluding hydrogens is 708 g/mol. The van der Waals surface area contributed by atoms with E-state index in [2.05, 4.69) is 10.6 Å². The van der Waals surface area contributed by atoms with Crippen molar-refractivity contribution in [2.24, 2.45) is 28.7 Å². The van der Waals surface area contributed by atoms with Gasteiger partial charge in [0, 0.05) is 25.7 Å². The molecule has 0 aromatic rings. The first-order valence-corrected chi connectivity index (χ1v) is 16.9. The number of halogens is 2. The molecule has 3 heterocycles. The zero-order valence-corrected chi connectivity index (χ0v) is 28.1. The number of aliphatic hydroxyl groups is 7. The first-order valence-electron chi connectivity index (χ1n) is 16.9. The highest BCUT2D eigenvalue weighted by Crippen LogP contribution is 2.34. The zero-order chi connectivity index (χ0) is 38.5. The molecule has 18 atom stereocenters. The molecule has 0 aromatic carbocycles. The number of carbonyl (C=O) groups excluding carboxylic acids is 1. The summed E-state index contributed by atoms with van der Waals surface area (Å²) in [7, 11) is 0. The van der Waals surface area contributed by atoms with E-state index >= 15 is 0 Å². The Bertz CT molecular complexity index is 1170. The first-order chi connectivity index (χ1) is 24.6.